The Morgan fingerprint density at radius 1 is 0.963 bits per heavy atom. The molecule has 0 unspecified atom stereocenters. The van der Waals surface area contributed by atoms with Gasteiger partial charge in [0.2, 0.25) is 0 Å². The summed E-state index contributed by atoms with van der Waals surface area (Å²) in [6.45, 7) is 3.88. The Bertz CT molecular complexity index is 1270. The van der Waals surface area contributed by atoms with E-state index in [-0.39, 0.29) is 11.2 Å². The molecule has 1 amide bonds. The zero-order chi connectivity index (χ0) is 19.1. The number of aryl methyl sites for hydroxylation is 2. The number of hydrogen-bond donors (Lipinski definition) is 1. The summed E-state index contributed by atoms with van der Waals surface area (Å²) in [5, 5.41) is 5.33. The van der Waals surface area contributed by atoms with Gasteiger partial charge in [0.05, 0.1) is 5.39 Å². The third kappa shape index (κ3) is 3.26. The number of rotatable bonds is 2. The molecular formula is C22H16BrNO3. The quantitative estimate of drug-likeness (QED) is 0.459. The first-order chi connectivity index (χ1) is 12.9. The molecule has 1 heterocycles. The summed E-state index contributed by atoms with van der Waals surface area (Å²) >= 11 is 3.51. The monoisotopic (exact) mass is 421 g/mol. The summed E-state index contributed by atoms with van der Waals surface area (Å²) in [5.41, 5.74) is 2.83. The molecule has 0 aliphatic carbocycles. The van der Waals surface area contributed by atoms with E-state index in [4.69, 9.17) is 4.42 Å². The lowest BCUT2D eigenvalue weighted by Crippen LogP contribution is -2.15. The zero-order valence-corrected chi connectivity index (χ0v) is 16.4. The minimum Gasteiger partial charge on any atom is -0.451 e. The normalized spacial score (nSPS) is 11.1. The molecule has 0 atom stereocenters. The van der Waals surface area contributed by atoms with E-state index in [1.54, 1.807) is 12.1 Å². The van der Waals surface area contributed by atoms with Crippen molar-refractivity contribution in [2.24, 2.45) is 0 Å². The van der Waals surface area contributed by atoms with Crippen LogP contribution in [-0.2, 0) is 0 Å². The third-order valence-corrected chi connectivity index (χ3v) is 5.34. The maximum absolute atomic E-state index is 12.6. The SMILES string of the molecule is Cc1cc2oc(C(=O)Nc3ccc4c(Br)cccc4c3)cc(=O)c2cc1C. The number of fused-ring (bicyclic) bond motifs is 2. The van der Waals surface area contributed by atoms with E-state index in [0.717, 1.165) is 26.4 Å². The molecule has 1 N–H and O–H groups in total. The number of hydrogen-bond acceptors (Lipinski definition) is 3. The molecule has 0 fully saturated rings. The number of amides is 1. The first kappa shape index (κ1) is 17.5. The van der Waals surface area contributed by atoms with Crippen LogP contribution < -0.4 is 10.7 Å². The number of halogens is 1. The van der Waals surface area contributed by atoms with E-state index in [1.165, 1.54) is 6.07 Å². The van der Waals surface area contributed by atoms with Gasteiger partial charge in [0.25, 0.3) is 5.91 Å². The minimum absolute atomic E-state index is 0.00917. The standard InChI is InChI=1S/C22H16BrNO3/c1-12-8-17-19(25)11-21(27-20(17)9-13(12)2)22(26)24-15-6-7-16-14(10-15)4-3-5-18(16)23/h3-11H,1-2H3,(H,24,26). The van der Waals surface area contributed by atoms with Gasteiger partial charge in [-0.1, -0.05) is 34.1 Å². The van der Waals surface area contributed by atoms with Gasteiger partial charge in [-0.2, -0.15) is 0 Å². The fraction of sp³-hybridized carbons (Fsp3) is 0.0909. The zero-order valence-electron chi connectivity index (χ0n) is 14.8. The Morgan fingerprint density at radius 3 is 2.56 bits per heavy atom. The molecule has 0 saturated heterocycles. The molecule has 1 aromatic heterocycles. The van der Waals surface area contributed by atoms with Crippen LogP contribution in [0.2, 0.25) is 0 Å². The molecule has 0 radical (unpaired) electrons. The van der Waals surface area contributed by atoms with Crippen molar-refractivity contribution in [3.05, 3.63) is 86.2 Å². The lowest BCUT2D eigenvalue weighted by atomic mass is 10.1. The van der Waals surface area contributed by atoms with Gasteiger partial charge in [-0.05, 0) is 66.1 Å². The number of nitrogens with one attached hydrogen (secondary N) is 1. The van der Waals surface area contributed by atoms with Gasteiger partial charge in [-0.3, -0.25) is 9.59 Å². The summed E-state index contributed by atoms with van der Waals surface area (Å²) in [5.74, 6) is -0.466. The Labute approximate surface area is 163 Å². The van der Waals surface area contributed by atoms with Crippen molar-refractivity contribution in [2.45, 2.75) is 13.8 Å². The lowest BCUT2D eigenvalue weighted by molar-refractivity contribution is 0.0997. The molecule has 4 aromatic rings. The highest BCUT2D eigenvalue weighted by Gasteiger charge is 2.14. The number of carbonyl (C=O) groups is 1. The van der Waals surface area contributed by atoms with Crippen LogP contribution in [0.15, 0.2) is 68.3 Å². The average molecular weight is 422 g/mol. The molecule has 3 aromatic carbocycles. The van der Waals surface area contributed by atoms with Crippen molar-refractivity contribution in [2.75, 3.05) is 5.32 Å². The van der Waals surface area contributed by atoms with Crippen LogP contribution in [0.5, 0.6) is 0 Å². The van der Waals surface area contributed by atoms with Crippen molar-refractivity contribution in [1.29, 1.82) is 0 Å². The van der Waals surface area contributed by atoms with E-state index in [9.17, 15) is 9.59 Å². The van der Waals surface area contributed by atoms with Crippen LogP contribution in [0.1, 0.15) is 21.7 Å². The molecule has 0 bridgehead atoms. The second-order valence-corrected chi connectivity index (χ2v) is 7.39. The third-order valence-electron chi connectivity index (χ3n) is 4.65. The van der Waals surface area contributed by atoms with Crippen molar-refractivity contribution < 1.29 is 9.21 Å². The summed E-state index contributed by atoms with van der Waals surface area (Å²) in [6.07, 6.45) is 0. The van der Waals surface area contributed by atoms with Gasteiger partial charge in [-0.15, -0.1) is 0 Å². The predicted octanol–water partition coefficient (Wildman–Crippen LogP) is 5.58. The molecule has 5 heteroatoms. The van der Waals surface area contributed by atoms with Crippen LogP contribution in [0.25, 0.3) is 21.7 Å². The first-order valence-corrected chi connectivity index (χ1v) is 9.26. The highest BCUT2D eigenvalue weighted by Crippen LogP contribution is 2.26. The molecule has 0 saturated carbocycles. The Kier molecular flexibility index (Phi) is 4.32. The van der Waals surface area contributed by atoms with Crippen molar-refractivity contribution >= 4 is 49.3 Å². The highest BCUT2D eigenvalue weighted by molar-refractivity contribution is 9.10. The van der Waals surface area contributed by atoms with Gasteiger partial charge in [0.15, 0.2) is 11.2 Å². The minimum atomic E-state index is -0.457. The first-order valence-electron chi connectivity index (χ1n) is 8.47. The topological polar surface area (TPSA) is 59.3 Å². The van der Waals surface area contributed by atoms with Crippen LogP contribution in [-0.4, -0.2) is 5.91 Å². The van der Waals surface area contributed by atoms with Crippen LogP contribution >= 0.6 is 15.9 Å². The second-order valence-electron chi connectivity index (χ2n) is 6.54. The van der Waals surface area contributed by atoms with Crippen molar-refractivity contribution in [3.63, 3.8) is 0 Å². The maximum Gasteiger partial charge on any atom is 0.291 e. The summed E-state index contributed by atoms with van der Waals surface area (Å²) in [6, 6.07) is 16.3. The van der Waals surface area contributed by atoms with E-state index in [0.29, 0.717) is 16.7 Å². The van der Waals surface area contributed by atoms with Gasteiger partial charge < -0.3 is 9.73 Å². The van der Waals surface area contributed by atoms with E-state index in [2.05, 4.69) is 21.2 Å². The lowest BCUT2D eigenvalue weighted by Gasteiger charge is -2.08. The van der Waals surface area contributed by atoms with Crippen molar-refractivity contribution in [1.82, 2.24) is 0 Å². The molecule has 0 spiro atoms. The fourth-order valence-corrected chi connectivity index (χ4v) is 3.55. The highest BCUT2D eigenvalue weighted by atomic mass is 79.9. The summed E-state index contributed by atoms with van der Waals surface area (Å²) in [4.78, 5) is 25.0. The maximum atomic E-state index is 12.6. The van der Waals surface area contributed by atoms with E-state index < -0.39 is 5.91 Å². The fourth-order valence-electron chi connectivity index (χ4n) is 3.04. The molecular weight excluding hydrogens is 406 g/mol. The summed E-state index contributed by atoms with van der Waals surface area (Å²) in [7, 11) is 0. The Morgan fingerprint density at radius 2 is 1.74 bits per heavy atom. The Balaban J connectivity index is 1.71. The molecule has 4 nitrogen and oxygen atoms in total. The van der Waals surface area contributed by atoms with E-state index in [1.807, 2.05) is 50.2 Å². The predicted molar refractivity (Wildman–Crippen MR) is 112 cm³/mol. The molecule has 4 rings (SSSR count). The Hall–Kier alpha value is -2.92. The molecule has 0 aliphatic heterocycles. The van der Waals surface area contributed by atoms with Crippen molar-refractivity contribution in [3.8, 4) is 0 Å². The summed E-state index contributed by atoms with van der Waals surface area (Å²) < 4.78 is 6.69. The van der Waals surface area contributed by atoms with Crippen LogP contribution in [0.4, 0.5) is 5.69 Å². The largest absolute Gasteiger partial charge is 0.451 e. The molecule has 134 valence electrons. The van der Waals surface area contributed by atoms with Gasteiger partial charge in [0, 0.05) is 16.2 Å². The molecule has 0 aliphatic rings. The number of carbonyl (C=O) groups excluding carboxylic acids is 1. The van der Waals surface area contributed by atoms with Gasteiger partial charge >= 0.3 is 0 Å². The number of anilines is 1. The number of benzene rings is 3. The van der Waals surface area contributed by atoms with Crippen LogP contribution in [0.3, 0.4) is 0 Å². The van der Waals surface area contributed by atoms with Gasteiger partial charge in [0.1, 0.15) is 5.58 Å². The van der Waals surface area contributed by atoms with Gasteiger partial charge in [-0.25, -0.2) is 0 Å². The van der Waals surface area contributed by atoms with E-state index >= 15 is 0 Å². The van der Waals surface area contributed by atoms with Crippen LogP contribution in [0, 0.1) is 13.8 Å². The second kappa shape index (κ2) is 6.67. The average Bonchev–Trinajstić information content (AvgIpc) is 2.63. The smallest absolute Gasteiger partial charge is 0.291 e. The molecule has 27 heavy (non-hydrogen) atoms.